The molecular weight excluding hydrogens is 258 g/mol. The summed E-state index contributed by atoms with van der Waals surface area (Å²) in [5, 5.41) is 11.6. The molecule has 0 heterocycles. The van der Waals surface area contributed by atoms with Crippen LogP contribution in [0.25, 0.3) is 0 Å². The number of ether oxygens (including phenoxy) is 1. The summed E-state index contributed by atoms with van der Waals surface area (Å²) in [4.78, 5) is 23.1. The first kappa shape index (κ1) is 16.0. The van der Waals surface area contributed by atoms with Crippen molar-refractivity contribution in [2.24, 2.45) is 5.92 Å². The van der Waals surface area contributed by atoms with E-state index in [1.54, 1.807) is 24.3 Å². The number of hydrogen-bond acceptors (Lipinski definition) is 3. The lowest BCUT2D eigenvalue weighted by Gasteiger charge is -2.21. The smallest absolute Gasteiger partial charge is 0.305 e. The Balaban J connectivity index is 2.86. The number of hydrogen-bond donors (Lipinski definition) is 2. The number of carboxylic acids is 1. The summed E-state index contributed by atoms with van der Waals surface area (Å²) in [6.45, 7) is 6.06. The van der Waals surface area contributed by atoms with E-state index in [4.69, 9.17) is 9.84 Å². The molecule has 0 radical (unpaired) electrons. The van der Waals surface area contributed by atoms with E-state index >= 15 is 0 Å². The van der Waals surface area contributed by atoms with Gasteiger partial charge in [-0.15, -0.1) is 0 Å². The minimum Gasteiger partial charge on any atom is -0.493 e. The monoisotopic (exact) mass is 279 g/mol. The van der Waals surface area contributed by atoms with Gasteiger partial charge in [0.1, 0.15) is 5.75 Å². The molecule has 0 aliphatic carbocycles. The molecular formula is C15H21NO4. The molecule has 0 bridgehead atoms. The molecule has 0 fully saturated rings. The Morgan fingerprint density at radius 3 is 2.50 bits per heavy atom. The Morgan fingerprint density at radius 1 is 1.30 bits per heavy atom. The summed E-state index contributed by atoms with van der Waals surface area (Å²) in [6.07, 6.45) is -0.0970. The maximum absolute atomic E-state index is 12.3. The molecule has 1 amide bonds. The fourth-order valence-electron chi connectivity index (χ4n) is 1.82. The number of benzene rings is 1. The lowest BCUT2D eigenvalue weighted by atomic mass is 10.0. The normalized spacial score (nSPS) is 12.0. The average Bonchev–Trinajstić information content (AvgIpc) is 2.38. The molecule has 5 heteroatoms. The molecule has 20 heavy (non-hydrogen) atoms. The van der Waals surface area contributed by atoms with Crippen molar-refractivity contribution in [3.05, 3.63) is 29.8 Å². The molecule has 0 saturated carbocycles. The van der Waals surface area contributed by atoms with Crippen molar-refractivity contribution < 1.29 is 19.4 Å². The Hall–Kier alpha value is -2.04. The Bertz CT molecular complexity index is 471. The highest BCUT2D eigenvalue weighted by molar-refractivity contribution is 5.97. The average molecular weight is 279 g/mol. The molecule has 0 aliphatic rings. The number of amides is 1. The summed E-state index contributed by atoms with van der Waals surface area (Å²) < 4.78 is 5.40. The predicted molar refractivity (Wildman–Crippen MR) is 76.0 cm³/mol. The van der Waals surface area contributed by atoms with Gasteiger partial charge in [-0.3, -0.25) is 9.59 Å². The highest BCUT2D eigenvalue weighted by Crippen LogP contribution is 2.18. The van der Waals surface area contributed by atoms with Gasteiger partial charge in [-0.2, -0.15) is 0 Å². The van der Waals surface area contributed by atoms with Crippen LogP contribution in [0.2, 0.25) is 0 Å². The topological polar surface area (TPSA) is 75.6 Å². The van der Waals surface area contributed by atoms with Gasteiger partial charge in [0.05, 0.1) is 18.6 Å². The number of carbonyl (C=O) groups is 2. The zero-order chi connectivity index (χ0) is 15.1. The first-order chi connectivity index (χ1) is 9.45. The van der Waals surface area contributed by atoms with Crippen LogP contribution in [0.4, 0.5) is 0 Å². The summed E-state index contributed by atoms with van der Waals surface area (Å²) in [7, 11) is 0. The first-order valence-corrected chi connectivity index (χ1v) is 6.70. The Labute approximate surface area is 118 Å². The molecule has 1 atom stereocenters. The third-order valence-corrected chi connectivity index (χ3v) is 2.95. The van der Waals surface area contributed by atoms with Crippen molar-refractivity contribution in [1.82, 2.24) is 5.32 Å². The van der Waals surface area contributed by atoms with Crippen LogP contribution in [0, 0.1) is 5.92 Å². The van der Waals surface area contributed by atoms with Gasteiger partial charge in [-0.05, 0) is 25.0 Å². The summed E-state index contributed by atoms with van der Waals surface area (Å²) in [6, 6.07) is 6.52. The van der Waals surface area contributed by atoms with Crippen LogP contribution in [0.3, 0.4) is 0 Å². The zero-order valence-corrected chi connectivity index (χ0v) is 12.1. The maximum Gasteiger partial charge on any atom is 0.305 e. The molecule has 1 aromatic carbocycles. The van der Waals surface area contributed by atoms with Crippen molar-refractivity contribution >= 4 is 11.9 Å². The number of rotatable bonds is 7. The van der Waals surface area contributed by atoms with Crippen molar-refractivity contribution in [3.8, 4) is 5.75 Å². The van der Waals surface area contributed by atoms with E-state index in [0.29, 0.717) is 17.9 Å². The minimum atomic E-state index is -0.929. The van der Waals surface area contributed by atoms with E-state index in [9.17, 15) is 9.59 Å². The lowest BCUT2D eigenvalue weighted by Crippen LogP contribution is -2.40. The van der Waals surface area contributed by atoms with Crippen LogP contribution in [-0.2, 0) is 4.79 Å². The molecule has 1 rings (SSSR count). The second-order valence-corrected chi connectivity index (χ2v) is 4.85. The van der Waals surface area contributed by atoms with Gasteiger partial charge in [0.15, 0.2) is 0 Å². The van der Waals surface area contributed by atoms with E-state index in [0.717, 1.165) is 0 Å². The van der Waals surface area contributed by atoms with Gasteiger partial charge in [0, 0.05) is 6.04 Å². The second-order valence-electron chi connectivity index (χ2n) is 4.85. The summed E-state index contributed by atoms with van der Waals surface area (Å²) in [5.74, 6) is -0.698. The van der Waals surface area contributed by atoms with Crippen LogP contribution >= 0.6 is 0 Å². The van der Waals surface area contributed by atoms with Gasteiger partial charge in [-0.1, -0.05) is 26.0 Å². The van der Waals surface area contributed by atoms with Crippen LogP contribution in [0.1, 0.15) is 37.6 Å². The number of carboxylic acid groups (broad SMARTS) is 1. The van der Waals surface area contributed by atoms with Crippen molar-refractivity contribution in [2.45, 2.75) is 33.2 Å². The standard InChI is InChI=1S/C15H21NO4/c1-4-20-13-8-6-5-7-11(13)15(19)16-12(10(2)3)9-14(17)18/h5-8,10,12H,4,9H2,1-3H3,(H,16,19)(H,17,18). The Morgan fingerprint density at radius 2 is 1.95 bits per heavy atom. The van der Waals surface area contributed by atoms with E-state index in [-0.39, 0.29) is 18.2 Å². The zero-order valence-electron chi connectivity index (χ0n) is 12.1. The largest absolute Gasteiger partial charge is 0.493 e. The molecule has 2 N–H and O–H groups in total. The maximum atomic E-state index is 12.3. The molecule has 0 saturated heterocycles. The quantitative estimate of drug-likeness (QED) is 0.803. The lowest BCUT2D eigenvalue weighted by molar-refractivity contribution is -0.137. The van der Waals surface area contributed by atoms with Crippen molar-refractivity contribution in [2.75, 3.05) is 6.61 Å². The predicted octanol–water partition coefficient (Wildman–Crippen LogP) is 2.31. The van der Waals surface area contributed by atoms with Crippen LogP contribution in [0.5, 0.6) is 5.75 Å². The number of nitrogens with one attached hydrogen (secondary N) is 1. The van der Waals surface area contributed by atoms with E-state index in [2.05, 4.69) is 5.32 Å². The van der Waals surface area contributed by atoms with Crippen LogP contribution in [0.15, 0.2) is 24.3 Å². The Kier molecular flexibility index (Phi) is 6.03. The molecule has 0 aliphatic heterocycles. The molecule has 5 nitrogen and oxygen atoms in total. The van der Waals surface area contributed by atoms with Crippen LogP contribution in [-0.4, -0.2) is 29.6 Å². The fraction of sp³-hybridized carbons (Fsp3) is 0.467. The molecule has 0 spiro atoms. The number of aliphatic carboxylic acids is 1. The minimum absolute atomic E-state index is 0.0364. The highest BCUT2D eigenvalue weighted by atomic mass is 16.5. The summed E-state index contributed by atoms with van der Waals surface area (Å²) >= 11 is 0. The fourth-order valence-corrected chi connectivity index (χ4v) is 1.82. The third-order valence-electron chi connectivity index (χ3n) is 2.95. The number of carbonyl (C=O) groups excluding carboxylic acids is 1. The molecule has 1 aromatic rings. The van der Waals surface area contributed by atoms with Gasteiger partial charge < -0.3 is 15.2 Å². The molecule has 0 aromatic heterocycles. The molecule has 110 valence electrons. The third kappa shape index (κ3) is 4.57. The van der Waals surface area contributed by atoms with E-state index < -0.39 is 12.0 Å². The van der Waals surface area contributed by atoms with Gasteiger partial charge in [0.2, 0.25) is 0 Å². The number of para-hydroxylation sites is 1. The SMILES string of the molecule is CCOc1ccccc1C(=O)NC(CC(=O)O)C(C)C. The summed E-state index contributed by atoms with van der Waals surface area (Å²) in [5.41, 5.74) is 0.422. The van der Waals surface area contributed by atoms with Gasteiger partial charge >= 0.3 is 5.97 Å². The first-order valence-electron chi connectivity index (χ1n) is 6.70. The highest BCUT2D eigenvalue weighted by Gasteiger charge is 2.21. The van der Waals surface area contributed by atoms with Crippen molar-refractivity contribution in [1.29, 1.82) is 0 Å². The van der Waals surface area contributed by atoms with E-state index in [1.807, 2.05) is 20.8 Å². The van der Waals surface area contributed by atoms with E-state index in [1.165, 1.54) is 0 Å². The van der Waals surface area contributed by atoms with Gasteiger partial charge in [0.25, 0.3) is 5.91 Å². The second kappa shape index (κ2) is 7.53. The van der Waals surface area contributed by atoms with Gasteiger partial charge in [-0.25, -0.2) is 0 Å². The van der Waals surface area contributed by atoms with Crippen molar-refractivity contribution in [3.63, 3.8) is 0 Å². The molecule has 1 unspecified atom stereocenters. The van der Waals surface area contributed by atoms with Crippen LogP contribution < -0.4 is 10.1 Å².